The zero-order chi connectivity index (χ0) is 17.6. The van der Waals surface area contributed by atoms with E-state index in [1.165, 1.54) is 13.8 Å². The number of carboxylic acid groups (broad SMARTS) is 1. The molecule has 1 aromatic heterocycles. The van der Waals surface area contributed by atoms with Crippen LogP contribution < -0.4 is 0 Å². The quantitative estimate of drug-likeness (QED) is 0.669. The third kappa shape index (κ3) is 2.51. The number of carbonyl (C=O) groups excluding carboxylic acids is 1. The second kappa shape index (κ2) is 5.71. The Bertz CT molecular complexity index is 914. The molecule has 3 rings (SSSR count). The Hall–Kier alpha value is -2.19. The molecule has 0 spiro atoms. The lowest BCUT2D eigenvalue weighted by atomic mass is 10.0. The van der Waals surface area contributed by atoms with Gasteiger partial charge in [-0.3, -0.25) is 9.69 Å². The van der Waals surface area contributed by atoms with Crippen LogP contribution in [0.2, 0.25) is 0 Å². The zero-order valence-electron chi connectivity index (χ0n) is 13.3. The van der Waals surface area contributed by atoms with Crippen LogP contribution in [0, 0.1) is 0 Å². The number of rotatable bonds is 3. The van der Waals surface area contributed by atoms with Crippen LogP contribution in [0.5, 0.6) is 0 Å². The van der Waals surface area contributed by atoms with E-state index >= 15 is 0 Å². The van der Waals surface area contributed by atoms with E-state index in [1.54, 1.807) is 6.08 Å². The summed E-state index contributed by atoms with van der Waals surface area (Å²) in [6.07, 6.45) is 1.65. The van der Waals surface area contributed by atoms with E-state index in [2.05, 4.69) is 4.98 Å². The molecule has 0 saturated carbocycles. The van der Waals surface area contributed by atoms with Crippen LogP contribution in [0.25, 0.3) is 17.1 Å². The van der Waals surface area contributed by atoms with Gasteiger partial charge in [0.2, 0.25) is 0 Å². The van der Waals surface area contributed by atoms with Crippen molar-refractivity contribution in [3.8, 4) is 0 Å². The minimum Gasteiger partial charge on any atom is -0.480 e. The van der Waals surface area contributed by atoms with Crippen LogP contribution in [-0.2, 0) is 16.6 Å². The number of hydrogen-bond donors (Lipinski definition) is 1. The fourth-order valence-electron chi connectivity index (χ4n) is 2.46. The maximum atomic E-state index is 12.6. The van der Waals surface area contributed by atoms with Gasteiger partial charge in [0.05, 0.1) is 15.9 Å². The van der Waals surface area contributed by atoms with Crippen molar-refractivity contribution < 1.29 is 14.7 Å². The number of carbonyl (C=O) groups is 2. The third-order valence-electron chi connectivity index (χ3n) is 3.96. The van der Waals surface area contributed by atoms with Crippen molar-refractivity contribution in [3.05, 3.63) is 35.0 Å². The number of nitrogens with zero attached hydrogens (tertiary/aromatic N) is 3. The minimum atomic E-state index is -1.40. The van der Waals surface area contributed by atoms with Crippen molar-refractivity contribution in [2.45, 2.75) is 19.4 Å². The SMILES string of the molecule is Cn1c(/C=C2/SC(=S)N(C(C)(C)C(=O)O)C2=O)nc2ccccc21. The van der Waals surface area contributed by atoms with Crippen molar-refractivity contribution in [3.63, 3.8) is 0 Å². The first-order chi connectivity index (χ1) is 11.2. The van der Waals surface area contributed by atoms with Crippen LogP contribution in [0.4, 0.5) is 0 Å². The predicted octanol–water partition coefficient (Wildman–Crippen LogP) is 2.64. The molecule has 1 aromatic carbocycles. The smallest absolute Gasteiger partial charge is 0.329 e. The van der Waals surface area contributed by atoms with Crippen molar-refractivity contribution in [1.29, 1.82) is 0 Å². The van der Waals surface area contributed by atoms with Crippen LogP contribution >= 0.6 is 24.0 Å². The lowest BCUT2D eigenvalue weighted by molar-refractivity contribution is -0.150. The summed E-state index contributed by atoms with van der Waals surface area (Å²) < 4.78 is 2.11. The van der Waals surface area contributed by atoms with Gasteiger partial charge in [-0.2, -0.15) is 0 Å². The number of imidazole rings is 1. The zero-order valence-corrected chi connectivity index (χ0v) is 14.9. The molecule has 1 amide bonds. The summed E-state index contributed by atoms with van der Waals surface area (Å²) in [5, 5.41) is 9.35. The predicted molar refractivity (Wildman–Crippen MR) is 97.4 cm³/mol. The molecule has 0 bridgehead atoms. The minimum absolute atomic E-state index is 0.234. The molecular weight excluding hydrogens is 346 g/mol. The van der Waals surface area contributed by atoms with Gasteiger partial charge in [0.25, 0.3) is 5.91 Å². The van der Waals surface area contributed by atoms with E-state index in [0.29, 0.717) is 10.7 Å². The molecule has 0 aliphatic carbocycles. The highest BCUT2D eigenvalue weighted by Crippen LogP contribution is 2.37. The Kier molecular flexibility index (Phi) is 3.97. The summed E-state index contributed by atoms with van der Waals surface area (Å²) in [5.41, 5.74) is 0.376. The summed E-state index contributed by atoms with van der Waals surface area (Å²) in [5.74, 6) is -0.905. The highest BCUT2D eigenvalue weighted by atomic mass is 32.2. The van der Waals surface area contributed by atoms with Crippen LogP contribution in [0.3, 0.4) is 0 Å². The molecule has 1 saturated heterocycles. The van der Waals surface area contributed by atoms with Crippen molar-refractivity contribution in [2.75, 3.05) is 0 Å². The lowest BCUT2D eigenvalue weighted by Crippen LogP contribution is -2.52. The molecule has 1 aliphatic rings. The summed E-state index contributed by atoms with van der Waals surface area (Å²) >= 11 is 6.30. The maximum Gasteiger partial charge on any atom is 0.329 e. The number of fused-ring (bicyclic) bond motifs is 1. The van der Waals surface area contributed by atoms with E-state index in [4.69, 9.17) is 12.2 Å². The van der Waals surface area contributed by atoms with Gasteiger partial charge in [-0.1, -0.05) is 36.1 Å². The molecule has 2 aromatic rings. The van der Waals surface area contributed by atoms with E-state index in [-0.39, 0.29) is 4.32 Å². The second-order valence-electron chi connectivity index (χ2n) is 5.90. The molecule has 1 aliphatic heterocycles. The van der Waals surface area contributed by atoms with E-state index in [1.807, 2.05) is 35.9 Å². The Labute approximate surface area is 148 Å². The number of aliphatic carboxylic acids is 1. The van der Waals surface area contributed by atoms with Crippen molar-refractivity contribution in [2.24, 2.45) is 7.05 Å². The molecule has 6 nitrogen and oxygen atoms in total. The molecule has 124 valence electrons. The third-order valence-corrected chi connectivity index (χ3v) is 5.26. The van der Waals surface area contributed by atoms with Crippen molar-refractivity contribution >= 4 is 57.3 Å². The van der Waals surface area contributed by atoms with E-state index in [9.17, 15) is 14.7 Å². The molecule has 1 N–H and O–H groups in total. The highest BCUT2D eigenvalue weighted by Gasteiger charge is 2.46. The fraction of sp³-hybridized carbons (Fsp3) is 0.250. The number of benzene rings is 1. The Balaban J connectivity index is 2.02. The molecule has 0 unspecified atom stereocenters. The molecule has 0 radical (unpaired) electrons. The normalized spacial score (nSPS) is 17.3. The summed E-state index contributed by atoms with van der Waals surface area (Å²) in [6, 6.07) is 7.65. The largest absolute Gasteiger partial charge is 0.480 e. The van der Waals surface area contributed by atoms with Gasteiger partial charge in [-0.05, 0) is 26.0 Å². The monoisotopic (exact) mass is 361 g/mol. The van der Waals surface area contributed by atoms with Gasteiger partial charge < -0.3 is 9.67 Å². The lowest BCUT2D eigenvalue weighted by Gasteiger charge is -2.29. The second-order valence-corrected chi connectivity index (χ2v) is 7.57. The van der Waals surface area contributed by atoms with Gasteiger partial charge in [-0.25, -0.2) is 9.78 Å². The Morgan fingerprint density at radius 1 is 1.38 bits per heavy atom. The maximum absolute atomic E-state index is 12.6. The molecule has 0 atom stereocenters. The summed E-state index contributed by atoms with van der Waals surface area (Å²) in [6.45, 7) is 2.91. The Morgan fingerprint density at radius 3 is 2.67 bits per heavy atom. The average molecular weight is 361 g/mol. The van der Waals surface area contributed by atoms with E-state index in [0.717, 1.165) is 27.7 Å². The standard InChI is InChI=1S/C16H15N3O3S2/c1-16(2,14(21)22)19-13(20)11(24-15(19)23)8-12-17-9-6-4-5-7-10(9)18(12)3/h4-8H,1-3H3,(H,21,22)/b11-8+. The summed E-state index contributed by atoms with van der Waals surface area (Å²) in [4.78, 5) is 30.1. The van der Waals surface area contributed by atoms with Crippen LogP contribution in [0.15, 0.2) is 29.2 Å². The molecule has 8 heteroatoms. The highest BCUT2D eigenvalue weighted by molar-refractivity contribution is 8.26. The number of aromatic nitrogens is 2. The van der Waals surface area contributed by atoms with E-state index < -0.39 is 17.4 Å². The Morgan fingerprint density at radius 2 is 2.04 bits per heavy atom. The van der Waals surface area contributed by atoms with Gasteiger partial charge >= 0.3 is 5.97 Å². The van der Waals surface area contributed by atoms with Gasteiger partial charge in [0.15, 0.2) is 0 Å². The number of aryl methyl sites for hydroxylation is 1. The number of carboxylic acids is 1. The number of thiocarbonyl (C=S) groups is 1. The molecular formula is C16H15N3O3S2. The van der Waals surface area contributed by atoms with Crippen LogP contribution in [0.1, 0.15) is 19.7 Å². The summed E-state index contributed by atoms with van der Waals surface area (Å²) in [7, 11) is 1.86. The molecule has 24 heavy (non-hydrogen) atoms. The van der Waals surface area contributed by atoms with Crippen LogP contribution in [-0.4, -0.2) is 41.3 Å². The van der Waals surface area contributed by atoms with Gasteiger partial charge in [0, 0.05) is 13.1 Å². The average Bonchev–Trinajstić information content (AvgIpc) is 2.97. The molecule has 2 heterocycles. The van der Waals surface area contributed by atoms with Gasteiger partial charge in [-0.15, -0.1) is 0 Å². The first-order valence-electron chi connectivity index (χ1n) is 7.16. The number of amides is 1. The number of para-hydroxylation sites is 2. The molecule has 1 fully saturated rings. The number of thioether (sulfide) groups is 1. The fourth-order valence-corrected chi connectivity index (χ4v) is 3.97. The first kappa shape index (κ1) is 16.7. The van der Waals surface area contributed by atoms with Crippen molar-refractivity contribution in [1.82, 2.24) is 14.5 Å². The number of hydrogen-bond acceptors (Lipinski definition) is 5. The van der Waals surface area contributed by atoms with Gasteiger partial charge in [0.1, 0.15) is 15.7 Å². The first-order valence-corrected chi connectivity index (χ1v) is 8.39. The topological polar surface area (TPSA) is 75.4 Å².